The van der Waals surface area contributed by atoms with Gasteiger partial charge in [-0.25, -0.2) is 9.18 Å². The van der Waals surface area contributed by atoms with Crippen LogP contribution in [0, 0.1) is 5.82 Å². The summed E-state index contributed by atoms with van der Waals surface area (Å²) in [6.45, 7) is 9.56. The first-order valence-electron chi connectivity index (χ1n) is 10.9. The van der Waals surface area contributed by atoms with Gasteiger partial charge < -0.3 is 19.1 Å². The second-order valence-electron chi connectivity index (χ2n) is 8.95. The summed E-state index contributed by atoms with van der Waals surface area (Å²) < 4.78 is 21.0. The Hall–Kier alpha value is -2.83. The molecule has 1 aliphatic rings. The number of hydrogen-bond acceptors (Lipinski definition) is 3. The number of likely N-dealkylation sites (tertiary alicyclic amines) is 1. The van der Waals surface area contributed by atoms with E-state index in [1.54, 1.807) is 15.9 Å². The highest BCUT2D eigenvalue weighted by Crippen LogP contribution is 2.26. The number of hydrogen-bond donors (Lipinski definition) is 0. The number of halogens is 1. The molecule has 0 aliphatic carbocycles. The summed E-state index contributed by atoms with van der Waals surface area (Å²) in [5.41, 5.74) is 0.868. The standard InChI is InChI=1S/C24H32FN3O3/c1-5-26(17-18-8-6-9-19(25)16-18)22(29)21-10-7-13-28(21)20-11-14-27(15-12-20)23(30)31-24(2,3)4/h6-10,13,16,20H,5,11-12,14-15,17H2,1-4H3. The van der Waals surface area contributed by atoms with E-state index in [9.17, 15) is 14.0 Å². The third-order valence-electron chi connectivity index (χ3n) is 5.44. The van der Waals surface area contributed by atoms with Crippen molar-refractivity contribution in [2.75, 3.05) is 19.6 Å². The van der Waals surface area contributed by atoms with Gasteiger partial charge in [-0.3, -0.25) is 4.79 Å². The topological polar surface area (TPSA) is 54.8 Å². The van der Waals surface area contributed by atoms with Crippen LogP contribution in [0.2, 0.25) is 0 Å². The summed E-state index contributed by atoms with van der Waals surface area (Å²) >= 11 is 0. The number of ether oxygens (including phenoxy) is 1. The molecule has 168 valence electrons. The average Bonchev–Trinajstić information content (AvgIpc) is 3.20. The largest absolute Gasteiger partial charge is 0.444 e. The van der Waals surface area contributed by atoms with Crippen LogP contribution in [0.5, 0.6) is 0 Å². The molecule has 2 heterocycles. The van der Waals surface area contributed by atoms with Crippen molar-refractivity contribution in [3.05, 3.63) is 59.7 Å². The Morgan fingerprint density at radius 1 is 1.16 bits per heavy atom. The number of nitrogens with zero attached hydrogens (tertiary/aromatic N) is 3. The van der Waals surface area contributed by atoms with Crippen molar-refractivity contribution in [1.82, 2.24) is 14.4 Å². The molecule has 1 aromatic heterocycles. The van der Waals surface area contributed by atoms with Crippen LogP contribution in [0.25, 0.3) is 0 Å². The molecule has 2 amide bonds. The van der Waals surface area contributed by atoms with Gasteiger partial charge in [0.05, 0.1) is 0 Å². The van der Waals surface area contributed by atoms with Crippen molar-refractivity contribution in [2.45, 2.75) is 58.7 Å². The summed E-state index contributed by atoms with van der Waals surface area (Å²) in [5, 5.41) is 0. The van der Waals surface area contributed by atoms with Gasteiger partial charge >= 0.3 is 6.09 Å². The van der Waals surface area contributed by atoms with Crippen molar-refractivity contribution in [3.8, 4) is 0 Å². The third kappa shape index (κ3) is 5.87. The van der Waals surface area contributed by atoms with E-state index >= 15 is 0 Å². The molecule has 1 aromatic carbocycles. The van der Waals surface area contributed by atoms with Gasteiger partial charge in [0.2, 0.25) is 0 Å². The molecule has 0 saturated carbocycles. The minimum absolute atomic E-state index is 0.0775. The molecule has 0 N–H and O–H groups in total. The number of rotatable bonds is 5. The predicted octanol–water partition coefficient (Wildman–Crippen LogP) is 4.86. The molecule has 31 heavy (non-hydrogen) atoms. The van der Waals surface area contributed by atoms with E-state index in [1.165, 1.54) is 12.1 Å². The zero-order valence-electron chi connectivity index (χ0n) is 18.8. The van der Waals surface area contributed by atoms with E-state index < -0.39 is 5.60 Å². The molecule has 3 rings (SSSR count). The van der Waals surface area contributed by atoms with Gasteiger partial charge in [0, 0.05) is 38.4 Å². The fourth-order valence-corrected chi connectivity index (χ4v) is 3.89. The Labute approximate surface area is 183 Å². The highest BCUT2D eigenvalue weighted by Gasteiger charge is 2.29. The van der Waals surface area contributed by atoms with E-state index in [0.717, 1.165) is 18.4 Å². The molecule has 0 atom stereocenters. The Morgan fingerprint density at radius 3 is 2.48 bits per heavy atom. The Bertz CT molecular complexity index is 911. The Balaban J connectivity index is 1.66. The molecule has 1 fully saturated rings. The Kier molecular flexibility index (Phi) is 7.03. The van der Waals surface area contributed by atoms with E-state index in [4.69, 9.17) is 4.74 Å². The lowest BCUT2D eigenvalue weighted by molar-refractivity contribution is 0.0186. The maximum Gasteiger partial charge on any atom is 0.410 e. The van der Waals surface area contributed by atoms with Gasteiger partial charge in [-0.2, -0.15) is 0 Å². The Morgan fingerprint density at radius 2 is 1.87 bits per heavy atom. The first kappa shape index (κ1) is 22.8. The van der Waals surface area contributed by atoms with Crippen LogP contribution < -0.4 is 0 Å². The fraction of sp³-hybridized carbons (Fsp3) is 0.500. The summed E-state index contributed by atoms with van der Waals surface area (Å²) in [4.78, 5) is 29.0. The van der Waals surface area contributed by atoms with Crippen molar-refractivity contribution in [3.63, 3.8) is 0 Å². The van der Waals surface area contributed by atoms with Crippen LogP contribution in [0.4, 0.5) is 9.18 Å². The molecule has 0 radical (unpaired) electrons. The number of carbonyl (C=O) groups is 2. The molecule has 7 heteroatoms. The lowest BCUT2D eigenvalue weighted by Gasteiger charge is -2.35. The van der Waals surface area contributed by atoms with Crippen molar-refractivity contribution < 1.29 is 18.7 Å². The number of amides is 2. The lowest BCUT2D eigenvalue weighted by Crippen LogP contribution is -2.42. The van der Waals surface area contributed by atoms with Crippen molar-refractivity contribution >= 4 is 12.0 Å². The summed E-state index contributed by atoms with van der Waals surface area (Å²) in [6.07, 6.45) is 3.15. The summed E-state index contributed by atoms with van der Waals surface area (Å²) in [6, 6.07) is 10.2. The summed E-state index contributed by atoms with van der Waals surface area (Å²) in [5.74, 6) is -0.382. The highest BCUT2D eigenvalue weighted by atomic mass is 19.1. The van der Waals surface area contributed by atoms with Crippen LogP contribution in [0.1, 0.15) is 62.6 Å². The van der Waals surface area contributed by atoms with Gasteiger partial charge in [-0.15, -0.1) is 0 Å². The van der Waals surface area contributed by atoms with E-state index in [0.29, 0.717) is 31.9 Å². The van der Waals surface area contributed by atoms with Gasteiger partial charge in [0.15, 0.2) is 0 Å². The van der Waals surface area contributed by atoms with Gasteiger partial charge in [-0.05, 0) is 70.4 Å². The van der Waals surface area contributed by atoms with Crippen LogP contribution >= 0.6 is 0 Å². The smallest absolute Gasteiger partial charge is 0.410 e. The maximum absolute atomic E-state index is 13.5. The zero-order valence-corrected chi connectivity index (χ0v) is 18.8. The quantitative estimate of drug-likeness (QED) is 0.682. The van der Waals surface area contributed by atoms with Crippen LogP contribution in [-0.4, -0.2) is 51.6 Å². The van der Waals surface area contributed by atoms with Gasteiger partial charge in [0.1, 0.15) is 17.1 Å². The van der Waals surface area contributed by atoms with Crippen LogP contribution in [0.15, 0.2) is 42.6 Å². The van der Waals surface area contributed by atoms with E-state index in [1.807, 2.05) is 56.7 Å². The first-order valence-corrected chi connectivity index (χ1v) is 10.9. The number of aromatic nitrogens is 1. The molecule has 6 nitrogen and oxygen atoms in total. The van der Waals surface area contributed by atoms with E-state index in [-0.39, 0.29) is 23.9 Å². The first-order chi connectivity index (χ1) is 14.7. The highest BCUT2D eigenvalue weighted by molar-refractivity contribution is 5.92. The second-order valence-corrected chi connectivity index (χ2v) is 8.95. The SMILES string of the molecule is CCN(Cc1cccc(F)c1)C(=O)c1cccn1C1CCN(C(=O)OC(C)(C)C)CC1. The fourth-order valence-electron chi connectivity index (χ4n) is 3.89. The number of benzene rings is 1. The molecular formula is C24H32FN3O3. The maximum atomic E-state index is 13.5. The van der Waals surface area contributed by atoms with Crippen molar-refractivity contribution in [1.29, 1.82) is 0 Å². The lowest BCUT2D eigenvalue weighted by atomic mass is 10.0. The molecule has 0 unspecified atom stereocenters. The number of piperidine rings is 1. The average molecular weight is 430 g/mol. The minimum Gasteiger partial charge on any atom is -0.444 e. The molecule has 0 spiro atoms. The number of carbonyl (C=O) groups excluding carboxylic acids is 2. The van der Waals surface area contributed by atoms with Gasteiger partial charge in [-0.1, -0.05) is 12.1 Å². The molecule has 2 aromatic rings. The normalized spacial score (nSPS) is 15.1. The van der Waals surface area contributed by atoms with Crippen molar-refractivity contribution in [2.24, 2.45) is 0 Å². The van der Waals surface area contributed by atoms with E-state index in [2.05, 4.69) is 0 Å². The van der Waals surface area contributed by atoms with Crippen LogP contribution in [-0.2, 0) is 11.3 Å². The second kappa shape index (κ2) is 9.54. The monoisotopic (exact) mass is 429 g/mol. The van der Waals surface area contributed by atoms with Gasteiger partial charge in [0.25, 0.3) is 5.91 Å². The molecular weight excluding hydrogens is 397 g/mol. The molecule has 1 aliphatic heterocycles. The molecule has 0 bridgehead atoms. The minimum atomic E-state index is -0.515. The third-order valence-corrected chi connectivity index (χ3v) is 5.44. The van der Waals surface area contributed by atoms with Crippen LogP contribution in [0.3, 0.4) is 0 Å². The molecule has 1 saturated heterocycles. The summed E-state index contributed by atoms with van der Waals surface area (Å²) in [7, 11) is 0. The zero-order chi connectivity index (χ0) is 22.6. The predicted molar refractivity (Wildman–Crippen MR) is 117 cm³/mol.